The van der Waals surface area contributed by atoms with Crippen LogP contribution in [-0.4, -0.2) is 6.21 Å². The highest BCUT2D eigenvalue weighted by Crippen LogP contribution is 2.26. The summed E-state index contributed by atoms with van der Waals surface area (Å²) in [5.74, 6) is 2.37. The van der Waals surface area contributed by atoms with E-state index in [0.717, 1.165) is 38.5 Å². The van der Waals surface area contributed by atoms with Gasteiger partial charge in [-0.25, -0.2) is 0 Å². The van der Waals surface area contributed by atoms with Crippen molar-refractivity contribution in [1.82, 2.24) is 0 Å². The largest absolute Gasteiger partial charge is 0.488 e. The fraction of sp³-hybridized carbons (Fsp3) is 0.0741. The first-order valence-electron chi connectivity index (χ1n) is 10.0. The van der Waals surface area contributed by atoms with Crippen LogP contribution in [0.15, 0.2) is 107 Å². The second-order valence-electron chi connectivity index (χ2n) is 7.12. The number of benzene rings is 4. The summed E-state index contributed by atoms with van der Waals surface area (Å²) in [6.07, 6.45) is 1.82. The van der Waals surface area contributed by atoms with Crippen LogP contribution in [0, 0.1) is 6.92 Å². The molecular formula is C27H22BrNO2. The Morgan fingerprint density at radius 3 is 2.26 bits per heavy atom. The van der Waals surface area contributed by atoms with E-state index < -0.39 is 0 Å². The van der Waals surface area contributed by atoms with Gasteiger partial charge in [0.05, 0.1) is 5.69 Å². The molecule has 0 aliphatic heterocycles. The third-order valence-electron chi connectivity index (χ3n) is 4.66. The lowest BCUT2D eigenvalue weighted by Gasteiger charge is -2.10. The van der Waals surface area contributed by atoms with E-state index in [0.29, 0.717) is 6.61 Å². The van der Waals surface area contributed by atoms with Crippen molar-refractivity contribution in [1.29, 1.82) is 0 Å². The molecule has 0 aliphatic carbocycles. The molecule has 3 nitrogen and oxygen atoms in total. The molecule has 154 valence electrons. The Balaban J connectivity index is 1.45. The Kier molecular flexibility index (Phi) is 6.80. The summed E-state index contributed by atoms with van der Waals surface area (Å²) in [7, 11) is 0. The van der Waals surface area contributed by atoms with Crippen LogP contribution in [0.3, 0.4) is 0 Å². The molecule has 4 aromatic carbocycles. The van der Waals surface area contributed by atoms with Gasteiger partial charge in [-0.15, -0.1) is 0 Å². The third kappa shape index (κ3) is 6.06. The number of nitrogens with zero attached hydrogens (tertiary/aromatic N) is 1. The Morgan fingerprint density at radius 2 is 1.52 bits per heavy atom. The van der Waals surface area contributed by atoms with E-state index in [-0.39, 0.29) is 0 Å². The summed E-state index contributed by atoms with van der Waals surface area (Å²) in [5.41, 5.74) is 4.11. The van der Waals surface area contributed by atoms with Crippen LogP contribution in [0.1, 0.15) is 16.7 Å². The van der Waals surface area contributed by atoms with Gasteiger partial charge in [-0.2, -0.15) is 0 Å². The van der Waals surface area contributed by atoms with Gasteiger partial charge in [-0.05, 0) is 67.1 Å². The smallest absolute Gasteiger partial charge is 0.128 e. The van der Waals surface area contributed by atoms with Crippen molar-refractivity contribution in [3.8, 4) is 17.2 Å². The number of rotatable bonds is 7. The van der Waals surface area contributed by atoms with Crippen LogP contribution in [0.5, 0.6) is 17.2 Å². The van der Waals surface area contributed by atoms with Crippen molar-refractivity contribution in [2.75, 3.05) is 0 Å². The fourth-order valence-electron chi connectivity index (χ4n) is 2.97. The highest BCUT2D eigenvalue weighted by molar-refractivity contribution is 9.10. The quantitative estimate of drug-likeness (QED) is 0.256. The average Bonchev–Trinajstić information content (AvgIpc) is 2.80. The van der Waals surface area contributed by atoms with Crippen LogP contribution in [0.25, 0.3) is 0 Å². The zero-order valence-electron chi connectivity index (χ0n) is 17.2. The maximum atomic E-state index is 6.06. The monoisotopic (exact) mass is 471 g/mol. The van der Waals surface area contributed by atoms with E-state index in [1.54, 1.807) is 0 Å². The standard InChI is InChI=1S/C27H22BrNO2/c1-20-7-9-21(10-8-20)19-30-27-16-11-23(28)17-22(27)18-29-24-12-14-26(15-13-24)31-25-5-3-2-4-6-25/h2-18H,19H2,1H3. The molecule has 0 N–H and O–H groups in total. The minimum atomic E-state index is 0.508. The van der Waals surface area contributed by atoms with Gasteiger partial charge in [0.25, 0.3) is 0 Å². The molecule has 4 heteroatoms. The van der Waals surface area contributed by atoms with Crippen LogP contribution in [0.2, 0.25) is 0 Å². The number of halogens is 1. The summed E-state index contributed by atoms with van der Waals surface area (Å²) >= 11 is 3.53. The molecule has 0 radical (unpaired) electrons. The second kappa shape index (κ2) is 10.1. The van der Waals surface area contributed by atoms with Crippen LogP contribution in [0.4, 0.5) is 5.69 Å². The molecule has 0 bridgehead atoms. The average molecular weight is 472 g/mol. The summed E-state index contributed by atoms with van der Waals surface area (Å²) in [6, 6.07) is 31.7. The first-order chi connectivity index (χ1) is 15.2. The van der Waals surface area contributed by atoms with Gasteiger partial charge < -0.3 is 9.47 Å². The van der Waals surface area contributed by atoms with Crippen LogP contribution < -0.4 is 9.47 Å². The van der Waals surface area contributed by atoms with Gasteiger partial charge >= 0.3 is 0 Å². The Labute approximate surface area is 191 Å². The van der Waals surface area contributed by atoms with Gasteiger partial charge in [0, 0.05) is 16.3 Å². The Bertz CT molecular complexity index is 1150. The molecule has 0 unspecified atom stereocenters. The molecule has 0 spiro atoms. The van der Waals surface area contributed by atoms with E-state index >= 15 is 0 Å². The second-order valence-corrected chi connectivity index (χ2v) is 8.04. The van der Waals surface area contributed by atoms with E-state index in [2.05, 4.69) is 52.1 Å². The van der Waals surface area contributed by atoms with Crippen molar-refractivity contribution in [3.05, 3.63) is 118 Å². The van der Waals surface area contributed by atoms with Gasteiger partial charge in [0.2, 0.25) is 0 Å². The summed E-state index contributed by atoms with van der Waals surface area (Å²) in [6.45, 7) is 2.59. The maximum Gasteiger partial charge on any atom is 0.128 e. The van der Waals surface area contributed by atoms with Crippen molar-refractivity contribution in [3.63, 3.8) is 0 Å². The van der Waals surface area contributed by atoms with Crippen molar-refractivity contribution < 1.29 is 9.47 Å². The van der Waals surface area contributed by atoms with Crippen molar-refractivity contribution >= 4 is 27.8 Å². The fourth-order valence-corrected chi connectivity index (χ4v) is 3.34. The molecule has 0 amide bonds. The predicted molar refractivity (Wildman–Crippen MR) is 130 cm³/mol. The highest BCUT2D eigenvalue weighted by atomic mass is 79.9. The van der Waals surface area contributed by atoms with E-state index in [1.165, 1.54) is 5.56 Å². The number of aryl methyl sites for hydroxylation is 1. The number of aliphatic imine (C=N–C) groups is 1. The molecule has 0 heterocycles. The molecule has 0 fully saturated rings. The molecule has 4 aromatic rings. The maximum absolute atomic E-state index is 6.06. The summed E-state index contributed by atoms with van der Waals surface area (Å²) < 4.78 is 12.9. The van der Waals surface area contributed by atoms with Crippen molar-refractivity contribution in [2.45, 2.75) is 13.5 Å². The van der Waals surface area contributed by atoms with E-state index in [4.69, 9.17) is 9.47 Å². The normalized spacial score (nSPS) is 10.9. The molecule has 0 saturated heterocycles. The molecule has 0 saturated carbocycles. The minimum Gasteiger partial charge on any atom is -0.488 e. The molecule has 4 rings (SSSR count). The highest BCUT2D eigenvalue weighted by Gasteiger charge is 2.04. The molecule has 31 heavy (non-hydrogen) atoms. The topological polar surface area (TPSA) is 30.8 Å². The Hall–Kier alpha value is -3.37. The zero-order valence-corrected chi connectivity index (χ0v) is 18.7. The molecular weight excluding hydrogens is 450 g/mol. The molecule has 0 aromatic heterocycles. The van der Waals surface area contributed by atoms with Gasteiger partial charge in [0.15, 0.2) is 0 Å². The Morgan fingerprint density at radius 1 is 0.806 bits per heavy atom. The summed E-state index contributed by atoms with van der Waals surface area (Å²) in [5, 5.41) is 0. The number of hydrogen-bond donors (Lipinski definition) is 0. The minimum absolute atomic E-state index is 0.508. The molecule has 0 aliphatic rings. The number of para-hydroxylation sites is 1. The third-order valence-corrected chi connectivity index (χ3v) is 5.15. The van der Waals surface area contributed by atoms with Gasteiger partial charge in [-0.3, -0.25) is 4.99 Å². The SMILES string of the molecule is Cc1ccc(COc2ccc(Br)cc2C=Nc2ccc(Oc3ccccc3)cc2)cc1. The predicted octanol–water partition coefficient (Wildman–Crippen LogP) is 7.88. The number of ether oxygens (including phenoxy) is 2. The lowest BCUT2D eigenvalue weighted by molar-refractivity contribution is 0.306. The van der Waals surface area contributed by atoms with Crippen molar-refractivity contribution in [2.24, 2.45) is 4.99 Å². The zero-order chi connectivity index (χ0) is 21.5. The lowest BCUT2D eigenvalue weighted by atomic mass is 10.1. The van der Waals surface area contributed by atoms with E-state index in [1.807, 2.05) is 79.0 Å². The van der Waals surface area contributed by atoms with Gasteiger partial charge in [0.1, 0.15) is 23.9 Å². The first-order valence-corrected chi connectivity index (χ1v) is 10.8. The number of hydrogen-bond acceptors (Lipinski definition) is 3. The van der Waals surface area contributed by atoms with Gasteiger partial charge in [-0.1, -0.05) is 64.0 Å². The first kappa shape index (κ1) is 20.9. The van der Waals surface area contributed by atoms with E-state index in [9.17, 15) is 0 Å². The molecule has 0 atom stereocenters. The van der Waals surface area contributed by atoms with Crippen LogP contribution in [-0.2, 0) is 6.61 Å². The van der Waals surface area contributed by atoms with Crippen LogP contribution >= 0.6 is 15.9 Å². The lowest BCUT2D eigenvalue weighted by Crippen LogP contribution is -1.98. The summed E-state index contributed by atoms with van der Waals surface area (Å²) in [4.78, 5) is 4.61.